The van der Waals surface area contributed by atoms with Crippen LogP contribution in [-0.2, 0) is 6.42 Å². The van der Waals surface area contributed by atoms with Crippen LogP contribution in [0, 0.1) is 6.92 Å². The SMILES string of the molecule is CNC1C(=O)c2scc(C)c2CC1N. The second-order valence-electron chi connectivity index (χ2n) is 3.72. The number of carbonyl (C=O) groups excluding carboxylic acids is 1. The fraction of sp³-hybridized carbons (Fsp3) is 0.500. The largest absolute Gasteiger partial charge is 0.326 e. The monoisotopic (exact) mass is 210 g/mol. The number of nitrogens with one attached hydrogen (secondary N) is 1. The van der Waals surface area contributed by atoms with Gasteiger partial charge >= 0.3 is 0 Å². The summed E-state index contributed by atoms with van der Waals surface area (Å²) in [6, 6.07) is -0.297. The molecule has 1 aromatic rings. The molecule has 1 heterocycles. The maximum absolute atomic E-state index is 11.9. The van der Waals surface area contributed by atoms with Crippen LogP contribution < -0.4 is 11.1 Å². The number of Topliss-reactive ketones (excluding diaryl/α,β-unsaturated/α-hetero) is 1. The minimum atomic E-state index is -0.208. The lowest BCUT2D eigenvalue weighted by Crippen LogP contribution is -2.52. The first-order valence-corrected chi connectivity index (χ1v) is 5.57. The van der Waals surface area contributed by atoms with E-state index in [1.807, 2.05) is 12.3 Å². The van der Waals surface area contributed by atoms with Crippen LogP contribution in [0.15, 0.2) is 5.38 Å². The molecule has 0 saturated heterocycles. The molecule has 2 unspecified atom stereocenters. The van der Waals surface area contributed by atoms with E-state index in [0.717, 1.165) is 16.9 Å². The van der Waals surface area contributed by atoms with E-state index >= 15 is 0 Å². The Morgan fingerprint density at radius 2 is 2.36 bits per heavy atom. The van der Waals surface area contributed by atoms with Crippen molar-refractivity contribution in [1.29, 1.82) is 0 Å². The zero-order chi connectivity index (χ0) is 10.3. The van der Waals surface area contributed by atoms with Crippen LogP contribution in [0.2, 0.25) is 0 Å². The molecular weight excluding hydrogens is 196 g/mol. The van der Waals surface area contributed by atoms with Gasteiger partial charge in [-0.2, -0.15) is 0 Å². The Morgan fingerprint density at radius 1 is 1.64 bits per heavy atom. The summed E-state index contributed by atoms with van der Waals surface area (Å²) in [6.07, 6.45) is 0.807. The van der Waals surface area contributed by atoms with Crippen LogP contribution in [0.4, 0.5) is 0 Å². The Kier molecular flexibility index (Phi) is 2.43. The third-order valence-electron chi connectivity index (χ3n) is 2.79. The maximum atomic E-state index is 11.9. The smallest absolute Gasteiger partial charge is 0.191 e. The van der Waals surface area contributed by atoms with Crippen molar-refractivity contribution in [2.75, 3.05) is 7.05 Å². The van der Waals surface area contributed by atoms with Gasteiger partial charge in [0.2, 0.25) is 0 Å². The molecule has 0 saturated carbocycles. The molecule has 3 N–H and O–H groups in total. The van der Waals surface area contributed by atoms with Crippen LogP contribution in [0.1, 0.15) is 20.8 Å². The van der Waals surface area contributed by atoms with Gasteiger partial charge in [-0.05, 0) is 36.9 Å². The summed E-state index contributed by atoms with van der Waals surface area (Å²) >= 11 is 1.54. The topological polar surface area (TPSA) is 55.1 Å². The average Bonchev–Trinajstić information content (AvgIpc) is 2.49. The number of carbonyl (C=O) groups is 1. The van der Waals surface area contributed by atoms with Crippen molar-refractivity contribution >= 4 is 17.1 Å². The summed E-state index contributed by atoms with van der Waals surface area (Å²) in [5, 5.41) is 5.02. The van der Waals surface area contributed by atoms with Crippen LogP contribution in [0.3, 0.4) is 0 Å². The van der Waals surface area contributed by atoms with Gasteiger partial charge in [-0.3, -0.25) is 4.79 Å². The Morgan fingerprint density at radius 3 is 3.00 bits per heavy atom. The minimum absolute atomic E-state index is 0.0895. The van der Waals surface area contributed by atoms with Gasteiger partial charge in [0.25, 0.3) is 0 Å². The normalized spacial score (nSPS) is 26.4. The predicted molar refractivity (Wildman–Crippen MR) is 57.9 cm³/mol. The number of hydrogen-bond donors (Lipinski definition) is 2. The fourth-order valence-electron chi connectivity index (χ4n) is 1.96. The molecule has 1 aliphatic rings. The molecule has 0 aromatic carbocycles. The summed E-state index contributed by atoms with van der Waals surface area (Å²) in [6.45, 7) is 2.04. The molecule has 1 aliphatic carbocycles. The van der Waals surface area contributed by atoms with Gasteiger partial charge in [-0.15, -0.1) is 11.3 Å². The van der Waals surface area contributed by atoms with Crippen molar-refractivity contribution in [3.8, 4) is 0 Å². The Labute approximate surface area is 87.3 Å². The number of aryl methyl sites for hydroxylation is 1. The molecule has 3 nitrogen and oxygen atoms in total. The molecule has 0 radical (unpaired) electrons. The number of ketones is 1. The van der Waals surface area contributed by atoms with E-state index in [4.69, 9.17) is 5.73 Å². The van der Waals surface area contributed by atoms with E-state index in [2.05, 4.69) is 5.32 Å². The van der Waals surface area contributed by atoms with E-state index in [1.165, 1.54) is 16.9 Å². The van der Waals surface area contributed by atoms with Gasteiger partial charge in [0, 0.05) is 6.04 Å². The third kappa shape index (κ3) is 1.30. The highest BCUT2D eigenvalue weighted by atomic mass is 32.1. The van der Waals surface area contributed by atoms with Crippen LogP contribution >= 0.6 is 11.3 Å². The van der Waals surface area contributed by atoms with Gasteiger partial charge in [0.1, 0.15) is 0 Å². The third-order valence-corrected chi connectivity index (χ3v) is 3.94. The summed E-state index contributed by atoms with van der Waals surface area (Å²) in [5.74, 6) is 0.152. The number of thiophene rings is 1. The lowest BCUT2D eigenvalue weighted by atomic mass is 9.88. The summed E-state index contributed by atoms with van der Waals surface area (Å²) in [4.78, 5) is 12.8. The molecule has 76 valence electrons. The number of hydrogen-bond acceptors (Lipinski definition) is 4. The van der Waals surface area contributed by atoms with Crippen LogP contribution in [0.25, 0.3) is 0 Å². The second-order valence-corrected chi connectivity index (χ2v) is 4.60. The Bertz CT molecular complexity index is 372. The zero-order valence-corrected chi connectivity index (χ0v) is 9.15. The minimum Gasteiger partial charge on any atom is -0.326 e. The average molecular weight is 210 g/mol. The highest BCUT2D eigenvalue weighted by Gasteiger charge is 2.34. The maximum Gasteiger partial charge on any atom is 0.191 e. The van der Waals surface area contributed by atoms with Gasteiger partial charge in [-0.1, -0.05) is 0 Å². The Balaban J connectivity index is 2.45. The van der Waals surface area contributed by atoms with Crippen molar-refractivity contribution in [2.24, 2.45) is 5.73 Å². The number of fused-ring (bicyclic) bond motifs is 1. The molecule has 2 rings (SSSR count). The Hall–Kier alpha value is -0.710. The molecule has 1 aromatic heterocycles. The lowest BCUT2D eigenvalue weighted by molar-refractivity contribution is 0.0926. The van der Waals surface area contributed by atoms with E-state index < -0.39 is 0 Å². The number of rotatable bonds is 1. The fourth-order valence-corrected chi connectivity index (χ4v) is 3.03. The van der Waals surface area contributed by atoms with Gasteiger partial charge in [-0.25, -0.2) is 0 Å². The molecule has 14 heavy (non-hydrogen) atoms. The molecule has 2 atom stereocenters. The molecule has 4 heteroatoms. The van der Waals surface area contributed by atoms with Crippen molar-refractivity contribution in [1.82, 2.24) is 5.32 Å². The quantitative estimate of drug-likeness (QED) is 0.718. The second kappa shape index (κ2) is 3.46. The molecule has 0 spiro atoms. The van der Waals surface area contributed by atoms with Crippen LogP contribution in [-0.4, -0.2) is 24.9 Å². The molecule has 0 amide bonds. The number of likely N-dealkylation sites (N-methyl/N-ethyl adjacent to an activating group) is 1. The van der Waals surface area contributed by atoms with Gasteiger partial charge in [0.15, 0.2) is 5.78 Å². The predicted octanol–water partition coefficient (Wildman–Crippen LogP) is 0.711. The number of nitrogens with two attached hydrogens (primary N) is 1. The van der Waals surface area contributed by atoms with Crippen LogP contribution in [0.5, 0.6) is 0 Å². The molecular formula is C10H14N2OS. The first kappa shape index (κ1) is 9.83. The van der Waals surface area contributed by atoms with Gasteiger partial charge < -0.3 is 11.1 Å². The standard InChI is InChI=1S/C10H14N2OS/c1-5-4-14-10-6(5)3-7(11)8(12-2)9(10)13/h4,7-8,12H,3,11H2,1-2H3. The molecule has 0 bridgehead atoms. The van der Waals surface area contributed by atoms with Crippen molar-refractivity contribution < 1.29 is 4.79 Å². The van der Waals surface area contributed by atoms with E-state index in [1.54, 1.807) is 7.05 Å². The highest BCUT2D eigenvalue weighted by Crippen LogP contribution is 2.29. The van der Waals surface area contributed by atoms with E-state index in [0.29, 0.717) is 0 Å². The highest BCUT2D eigenvalue weighted by molar-refractivity contribution is 7.12. The summed E-state index contributed by atoms with van der Waals surface area (Å²) in [7, 11) is 1.79. The summed E-state index contributed by atoms with van der Waals surface area (Å²) < 4.78 is 0. The first-order chi connectivity index (χ1) is 6.65. The summed E-state index contributed by atoms with van der Waals surface area (Å²) in [5.41, 5.74) is 8.29. The first-order valence-electron chi connectivity index (χ1n) is 4.69. The lowest BCUT2D eigenvalue weighted by Gasteiger charge is -2.27. The molecule has 0 aliphatic heterocycles. The van der Waals surface area contributed by atoms with E-state index in [9.17, 15) is 4.79 Å². The zero-order valence-electron chi connectivity index (χ0n) is 8.33. The van der Waals surface area contributed by atoms with Crippen molar-refractivity contribution in [2.45, 2.75) is 25.4 Å². The van der Waals surface area contributed by atoms with E-state index in [-0.39, 0.29) is 17.9 Å². The van der Waals surface area contributed by atoms with Crippen molar-refractivity contribution in [3.63, 3.8) is 0 Å². The van der Waals surface area contributed by atoms with Gasteiger partial charge in [0.05, 0.1) is 10.9 Å². The van der Waals surface area contributed by atoms with Crippen molar-refractivity contribution in [3.05, 3.63) is 21.4 Å². The molecule has 0 fully saturated rings.